The van der Waals surface area contributed by atoms with Crippen LogP contribution >= 0.6 is 0 Å². The van der Waals surface area contributed by atoms with Crippen molar-refractivity contribution in [2.75, 3.05) is 20.2 Å². The van der Waals surface area contributed by atoms with Gasteiger partial charge in [0.25, 0.3) is 0 Å². The maximum Gasteiger partial charge on any atom is 0.225 e. The highest BCUT2D eigenvalue weighted by atomic mass is 16.5. The molecule has 124 valence electrons. The van der Waals surface area contributed by atoms with Gasteiger partial charge in [0.2, 0.25) is 11.8 Å². The lowest BCUT2D eigenvalue weighted by molar-refractivity contribution is -0.143. The monoisotopic (exact) mass is 316 g/mol. The molecular weight excluding hydrogens is 292 g/mol. The minimum Gasteiger partial charge on any atom is -0.497 e. The number of hydrogen-bond donors (Lipinski definition) is 1. The van der Waals surface area contributed by atoms with Gasteiger partial charge in [0, 0.05) is 19.5 Å². The van der Waals surface area contributed by atoms with Gasteiger partial charge in [-0.1, -0.05) is 18.2 Å². The first kappa shape index (κ1) is 17.1. The highest BCUT2D eigenvalue weighted by molar-refractivity contribution is 5.85. The van der Waals surface area contributed by atoms with Gasteiger partial charge >= 0.3 is 0 Å². The maximum absolute atomic E-state index is 12.5. The topological polar surface area (TPSA) is 58.6 Å². The molecule has 1 heterocycles. The molecule has 1 saturated heterocycles. The molecule has 1 aromatic rings. The molecule has 23 heavy (non-hydrogen) atoms. The number of nitrogens with one attached hydrogen (secondary N) is 1. The summed E-state index contributed by atoms with van der Waals surface area (Å²) in [5.41, 5.74) is 0.958. The Kier molecular flexibility index (Phi) is 5.79. The van der Waals surface area contributed by atoms with Gasteiger partial charge in [0.05, 0.1) is 19.1 Å². The zero-order valence-electron chi connectivity index (χ0n) is 13.7. The highest BCUT2D eigenvalue weighted by Gasteiger charge is 2.39. The first-order chi connectivity index (χ1) is 11.1. The largest absolute Gasteiger partial charge is 0.497 e. The molecule has 1 aromatic carbocycles. The fourth-order valence-electron chi connectivity index (χ4n) is 3.12. The van der Waals surface area contributed by atoms with Crippen molar-refractivity contribution in [3.63, 3.8) is 0 Å². The van der Waals surface area contributed by atoms with Gasteiger partial charge in [0.1, 0.15) is 5.75 Å². The van der Waals surface area contributed by atoms with Crippen molar-refractivity contribution >= 4 is 11.8 Å². The summed E-state index contributed by atoms with van der Waals surface area (Å²) in [6.45, 7) is 6.59. The molecule has 0 unspecified atom stereocenters. The second-order valence-corrected chi connectivity index (χ2v) is 5.58. The van der Waals surface area contributed by atoms with Gasteiger partial charge in [-0.2, -0.15) is 0 Å². The van der Waals surface area contributed by atoms with Crippen molar-refractivity contribution in [1.82, 2.24) is 10.2 Å². The summed E-state index contributed by atoms with van der Waals surface area (Å²) in [6.07, 6.45) is 2.63. The maximum atomic E-state index is 12.5. The van der Waals surface area contributed by atoms with Crippen molar-refractivity contribution < 1.29 is 14.3 Å². The molecule has 5 nitrogen and oxygen atoms in total. The lowest BCUT2D eigenvalue weighted by Gasteiger charge is -2.40. The van der Waals surface area contributed by atoms with E-state index in [2.05, 4.69) is 11.9 Å². The lowest BCUT2D eigenvalue weighted by Crippen LogP contribution is -2.48. The number of ether oxygens (including phenoxy) is 1. The Morgan fingerprint density at radius 3 is 2.70 bits per heavy atom. The minimum absolute atomic E-state index is 0.0309. The fourth-order valence-corrected chi connectivity index (χ4v) is 3.12. The van der Waals surface area contributed by atoms with Crippen LogP contribution in [0.5, 0.6) is 5.75 Å². The second kappa shape index (κ2) is 7.81. The molecule has 1 fully saturated rings. The molecule has 0 aliphatic carbocycles. The minimum atomic E-state index is -0.249. The van der Waals surface area contributed by atoms with Gasteiger partial charge in [-0.15, -0.1) is 6.58 Å². The van der Waals surface area contributed by atoms with Crippen molar-refractivity contribution in [3.05, 3.63) is 42.5 Å². The van der Waals surface area contributed by atoms with E-state index < -0.39 is 0 Å². The number of likely N-dealkylation sites (tertiary alicyclic amines) is 1. The molecule has 1 N–H and O–H groups in total. The van der Waals surface area contributed by atoms with Crippen molar-refractivity contribution in [2.45, 2.75) is 25.8 Å². The smallest absolute Gasteiger partial charge is 0.225 e. The third-order valence-corrected chi connectivity index (χ3v) is 4.26. The summed E-state index contributed by atoms with van der Waals surface area (Å²) < 4.78 is 5.19. The third kappa shape index (κ3) is 3.73. The fraction of sp³-hybridized carbons (Fsp3) is 0.444. The van der Waals surface area contributed by atoms with E-state index in [1.165, 1.54) is 0 Å². The Hall–Kier alpha value is -2.30. The molecule has 1 aliphatic heterocycles. The Labute approximate surface area is 137 Å². The molecule has 5 heteroatoms. The van der Waals surface area contributed by atoms with Gasteiger partial charge in [-0.05, 0) is 31.0 Å². The van der Waals surface area contributed by atoms with Crippen LogP contribution in [-0.2, 0) is 9.59 Å². The van der Waals surface area contributed by atoms with Crippen LogP contribution in [0.3, 0.4) is 0 Å². The van der Waals surface area contributed by atoms with E-state index in [1.54, 1.807) is 18.1 Å². The number of benzene rings is 1. The Balaban J connectivity index is 2.32. The first-order valence-electron chi connectivity index (χ1n) is 7.94. The standard InChI is InChI=1S/C18H24N2O3/c1-4-12-19-18(22)15-10-11-16(21)20(5-2)17(15)13-6-8-14(23-3)9-7-13/h4,6-9,15,17H,1,5,10-12H2,2-3H3,(H,19,22)/t15-,17+/m1/s1. The molecular formula is C18H24N2O3. The van der Waals surface area contributed by atoms with Crippen LogP contribution in [0.4, 0.5) is 0 Å². The van der Waals surface area contributed by atoms with Gasteiger partial charge in [-0.25, -0.2) is 0 Å². The van der Waals surface area contributed by atoms with Crippen molar-refractivity contribution in [1.29, 1.82) is 0 Å². The van der Waals surface area contributed by atoms with E-state index in [4.69, 9.17) is 4.74 Å². The average Bonchev–Trinajstić information content (AvgIpc) is 2.59. The summed E-state index contributed by atoms with van der Waals surface area (Å²) in [5, 5.41) is 2.86. The number of hydrogen-bond acceptors (Lipinski definition) is 3. The predicted octanol–water partition coefficient (Wildman–Crippen LogP) is 2.30. The summed E-state index contributed by atoms with van der Waals surface area (Å²) in [6, 6.07) is 7.34. The number of rotatable bonds is 6. The van der Waals surface area contributed by atoms with Crippen LogP contribution < -0.4 is 10.1 Å². The molecule has 0 bridgehead atoms. The number of amides is 2. The van der Waals surface area contributed by atoms with E-state index in [-0.39, 0.29) is 23.8 Å². The molecule has 0 saturated carbocycles. The molecule has 2 rings (SSSR count). The summed E-state index contributed by atoms with van der Waals surface area (Å²) in [4.78, 5) is 26.6. The third-order valence-electron chi connectivity index (χ3n) is 4.26. The SMILES string of the molecule is C=CCNC(=O)[C@@H]1CCC(=O)N(CC)[C@H]1c1ccc(OC)cc1. The predicted molar refractivity (Wildman–Crippen MR) is 89.1 cm³/mol. The van der Waals surface area contributed by atoms with E-state index in [0.29, 0.717) is 25.9 Å². The molecule has 1 aliphatic rings. The number of nitrogens with zero attached hydrogens (tertiary/aromatic N) is 1. The van der Waals surface area contributed by atoms with Crippen LogP contribution in [0.15, 0.2) is 36.9 Å². The Morgan fingerprint density at radius 2 is 2.13 bits per heavy atom. The van der Waals surface area contributed by atoms with E-state index in [9.17, 15) is 9.59 Å². The van der Waals surface area contributed by atoms with Gasteiger partial charge < -0.3 is 15.0 Å². The van der Waals surface area contributed by atoms with Crippen LogP contribution in [-0.4, -0.2) is 36.9 Å². The molecule has 2 atom stereocenters. The molecule has 2 amide bonds. The normalized spacial score (nSPS) is 21.0. The highest BCUT2D eigenvalue weighted by Crippen LogP contribution is 2.37. The van der Waals surface area contributed by atoms with Gasteiger partial charge in [-0.3, -0.25) is 9.59 Å². The van der Waals surface area contributed by atoms with Crippen molar-refractivity contribution in [3.8, 4) is 5.75 Å². The lowest BCUT2D eigenvalue weighted by atomic mass is 9.83. The van der Waals surface area contributed by atoms with E-state index in [0.717, 1.165) is 11.3 Å². The second-order valence-electron chi connectivity index (χ2n) is 5.58. The van der Waals surface area contributed by atoms with Gasteiger partial charge in [0.15, 0.2) is 0 Å². The quantitative estimate of drug-likeness (QED) is 0.819. The van der Waals surface area contributed by atoms with Crippen LogP contribution in [0.2, 0.25) is 0 Å². The first-order valence-corrected chi connectivity index (χ1v) is 7.94. The van der Waals surface area contributed by atoms with E-state index >= 15 is 0 Å². The van der Waals surface area contributed by atoms with Crippen LogP contribution in [0.25, 0.3) is 0 Å². The summed E-state index contributed by atoms with van der Waals surface area (Å²) in [5.74, 6) is 0.574. The number of methoxy groups -OCH3 is 1. The number of carbonyl (C=O) groups excluding carboxylic acids is 2. The summed E-state index contributed by atoms with van der Waals surface area (Å²) in [7, 11) is 1.61. The molecule has 0 radical (unpaired) electrons. The zero-order chi connectivity index (χ0) is 16.8. The molecule has 0 spiro atoms. The Morgan fingerprint density at radius 1 is 1.43 bits per heavy atom. The number of piperidine rings is 1. The molecule has 0 aromatic heterocycles. The Bertz CT molecular complexity index is 568. The van der Waals surface area contributed by atoms with Crippen LogP contribution in [0, 0.1) is 5.92 Å². The summed E-state index contributed by atoms with van der Waals surface area (Å²) >= 11 is 0. The number of carbonyl (C=O) groups is 2. The average molecular weight is 316 g/mol. The van der Waals surface area contributed by atoms with Crippen molar-refractivity contribution in [2.24, 2.45) is 5.92 Å². The zero-order valence-corrected chi connectivity index (χ0v) is 13.7. The van der Waals surface area contributed by atoms with E-state index in [1.807, 2.05) is 31.2 Å². The van der Waals surface area contributed by atoms with Crippen LogP contribution in [0.1, 0.15) is 31.4 Å².